The van der Waals surface area contributed by atoms with Gasteiger partial charge in [0.1, 0.15) is 0 Å². The van der Waals surface area contributed by atoms with Gasteiger partial charge in [0.05, 0.1) is 10.7 Å². The molecule has 10 heteroatoms. The highest BCUT2D eigenvalue weighted by Crippen LogP contribution is 2.42. The van der Waals surface area contributed by atoms with Crippen LogP contribution in [-0.2, 0) is 12.7 Å². The van der Waals surface area contributed by atoms with Gasteiger partial charge < -0.3 is 10.6 Å². The minimum atomic E-state index is -4.41. The van der Waals surface area contributed by atoms with Crippen LogP contribution in [0.2, 0.25) is 5.02 Å². The van der Waals surface area contributed by atoms with E-state index in [2.05, 4.69) is 31.7 Å². The van der Waals surface area contributed by atoms with E-state index in [-0.39, 0.29) is 5.92 Å². The van der Waals surface area contributed by atoms with E-state index in [9.17, 15) is 13.2 Å². The fourth-order valence-corrected chi connectivity index (χ4v) is 3.58. The summed E-state index contributed by atoms with van der Waals surface area (Å²) in [5.74, 6) is 0.198. The van der Waals surface area contributed by atoms with Crippen molar-refractivity contribution >= 4 is 50.5 Å². The smallest absolute Gasteiger partial charge is 0.362 e. The third kappa shape index (κ3) is 5.58. The number of aromatic nitrogens is 2. The van der Waals surface area contributed by atoms with Crippen molar-refractivity contribution in [2.45, 2.75) is 37.9 Å². The third-order valence-electron chi connectivity index (χ3n) is 4.11. The fourth-order valence-electron chi connectivity index (χ4n) is 2.64. The highest BCUT2D eigenvalue weighted by molar-refractivity contribution is 9.10. The van der Waals surface area contributed by atoms with Crippen LogP contribution in [0.4, 0.5) is 18.9 Å². The number of alkyl halides is 3. The van der Waals surface area contributed by atoms with Crippen molar-refractivity contribution < 1.29 is 13.2 Å². The van der Waals surface area contributed by atoms with Gasteiger partial charge in [-0.25, -0.2) is 0 Å². The number of nitrogens with one attached hydrogen (secondary N) is 2. The zero-order chi connectivity index (χ0) is 19.6. The molecule has 1 fully saturated rings. The van der Waals surface area contributed by atoms with Crippen molar-refractivity contribution in [3.8, 4) is 0 Å². The average molecular weight is 482 g/mol. The average Bonchev–Trinajstić information content (AvgIpc) is 3.33. The van der Waals surface area contributed by atoms with Crippen LogP contribution in [0.1, 0.15) is 36.6 Å². The van der Waals surface area contributed by atoms with Crippen molar-refractivity contribution in [3.05, 3.63) is 45.1 Å². The number of hydrogen-bond donors (Lipinski definition) is 2. The SMILES string of the molecule is FC(F)(F)c1cc(C2CC2)n(CCCNC(=S)Nc2ccc(Br)cc2Cl)n1. The summed E-state index contributed by atoms with van der Waals surface area (Å²) in [4.78, 5) is 0. The molecule has 0 amide bonds. The zero-order valence-corrected chi connectivity index (χ0v) is 17.3. The number of anilines is 1. The van der Waals surface area contributed by atoms with E-state index in [1.165, 1.54) is 10.7 Å². The van der Waals surface area contributed by atoms with Crippen molar-refractivity contribution in [2.75, 3.05) is 11.9 Å². The first-order valence-electron chi connectivity index (χ1n) is 8.39. The van der Waals surface area contributed by atoms with E-state index in [0.717, 1.165) is 17.3 Å². The number of thiocarbonyl (C=S) groups is 1. The van der Waals surface area contributed by atoms with Gasteiger partial charge in [-0.2, -0.15) is 18.3 Å². The summed E-state index contributed by atoms with van der Waals surface area (Å²) in [6.07, 6.45) is -1.98. The van der Waals surface area contributed by atoms with Gasteiger partial charge in [-0.15, -0.1) is 0 Å². The van der Waals surface area contributed by atoms with Crippen molar-refractivity contribution in [3.63, 3.8) is 0 Å². The van der Waals surface area contributed by atoms with Gasteiger partial charge >= 0.3 is 6.18 Å². The Balaban J connectivity index is 1.50. The molecule has 0 radical (unpaired) electrons. The monoisotopic (exact) mass is 480 g/mol. The van der Waals surface area contributed by atoms with Gasteiger partial charge in [0.25, 0.3) is 0 Å². The lowest BCUT2D eigenvalue weighted by atomic mass is 10.2. The summed E-state index contributed by atoms with van der Waals surface area (Å²) in [5, 5.41) is 10.7. The van der Waals surface area contributed by atoms with E-state index in [1.54, 1.807) is 12.1 Å². The lowest BCUT2D eigenvalue weighted by Crippen LogP contribution is -2.30. The van der Waals surface area contributed by atoms with E-state index in [1.807, 2.05) is 6.07 Å². The van der Waals surface area contributed by atoms with Crippen LogP contribution in [0.5, 0.6) is 0 Å². The molecule has 0 atom stereocenters. The molecule has 4 nitrogen and oxygen atoms in total. The molecule has 2 aromatic rings. The number of rotatable bonds is 6. The highest BCUT2D eigenvalue weighted by atomic mass is 79.9. The maximum Gasteiger partial charge on any atom is 0.435 e. The molecule has 1 aliphatic carbocycles. The maximum absolute atomic E-state index is 12.9. The molecule has 0 unspecified atom stereocenters. The van der Waals surface area contributed by atoms with Gasteiger partial charge in [0, 0.05) is 29.2 Å². The van der Waals surface area contributed by atoms with Gasteiger partial charge in [-0.3, -0.25) is 4.68 Å². The van der Waals surface area contributed by atoms with Crippen LogP contribution in [0.3, 0.4) is 0 Å². The molecule has 0 saturated heterocycles. The Labute approximate surface area is 173 Å². The number of hydrogen-bond acceptors (Lipinski definition) is 2. The molecule has 0 spiro atoms. The molecular formula is C17H17BrClF3N4S. The molecule has 3 rings (SSSR count). The van der Waals surface area contributed by atoms with E-state index in [0.29, 0.717) is 41.0 Å². The predicted molar refractivity (Wildman–Crippen MR) is 107 cm³/mol. The number of aryl methyl sites for hydroxylation is 1. The summed E-state index contributed by atoms with van der Waals surface area (Å²) in [5.41, 5.74) is 0.527. The topological polar surface area (TPSA) is 41.9 Å². The second-order valence-electron chi connectivity index (χ2n) is 6.31. The molecule has 1 aliphatic rings. The largest absolute Gasteiger partial charge is 0.435 e. The van der Waals surface area contributed by atoms with Gasteiger partial charge in [0.2, 0.25) is 0 Å². The minimum absolute atomic E-state index is 0.198. The van der Waals surface area contributed by atoms with Crippen LogP contribution in [0.25, 0.3) is 0 Å². The molecule has 0 aliphatic heterocycles. The standard InChI is InChI=1S/C17H17BrClF3N4S/c18-11-4-5-13(12(19)8-11)24-16(27)23-6-1-7-26-14(10-2-3-10)9-15(25-26)17(20,21)22/h4-5,8-10H,1-3,6-7H2,(H2,23,24,27). The summed E-state index contributed by atoms with van der Waals surface area (Å²) >= 11 is 14.7. The zero-order valence-electron chi connectivity index (χ0n) is 14.1. The molecule has 146 valence electrons. The molecule has 1 saturated carbocycles. The minimum Gasteiger partial charge on any atom is -0.362 e. The number of halogens is 5. The fraction of sp³-hybridized carbons (Fsp3) is 0.412. The van der Waals surface area contributed by atoms with Crippen molar-refractivity contribution in [1.82, 2.24) is 15.1 Å². The van der Waals surface area contributed by atoms with Gasteiger partial charge in [-0.1, -0.05) is 27.5 Å². The number of benzene rings is 1. The third-order valence-corrected chi connectivity index (χ3v) is 5.16. The van der Waals surface area contributed by atoms with E-state index in [4.69, 9.17) is 23.8 Å². The second-order valence-corrected chi connectivity index (χ2v) is 8.04. The molecule has 27 heavy (non-hydrogen) atoms. The van der Waals surface area contributed by atoms with Crippen LogP contribution in [0.15, 0.2) is 28.7 Å². The van der Waals surface area contributed by atoms with Gasteiger partial charge in [-0.05, 0) is 55.7 Å². The molecule has 1 aromatic carbocycles. The van der Waals surface area contributed by atoms with E-state index < -0.39 is 11.9 Å². The summed E-state index contributed by atoms with van der Waals surface area (Å²) in [7, 11) is 0. The molecule has 0 bridgehead atoms. The molecule has 2 N–H and O–H groups in total. The lowest BCUT2D eigenvalue weighted by molar-refractivity contribution is -0.141. The van der Waals surface area contributed by atoms with E-state index >= 15 is 0 Å². The molecule has 1 aromatic heterocycles. The Morgan fingerprint density at radius 3 is 2.70 bits per heavy atom. The van der Waals surface area contributed by atoms with Gasteiger partial charge in [0.15, 0.2) is 10.8 Å². The van der Waals surface area contributed by atoms with Crippen LogP contribution < -0.4 is 10.6 Å². The summed E-state index contributed by atoms with van der Waals surface area (Å²) in [6.45, 7) is 0.905. The number of nitrogens with zero attached hydrogens (tertiary/aromatic N) is 2. The van der Waals surface area contributed by atoms with Crippen molar-refractivity contribution in [1.29, 1.82) is 0 Å². The molecule has 1 heterocycles. The Bertz CT molecular complexity index is 836. The highest BCUT2D eigenvalue weighted by Gasteiger charge is 2.37. The van der Waals surface area contributed by atoms with Crippen LogP contribution in [0, 0.1) is 0 Å². The first kappa shape index (κ1) is 20.4. The Hall–Kier alpha value is -1.32. The Morgan fingerprint density at radius 1 is 1.33 bits per heavy atom. The second kappa shape index (κ2) is 8.36. The van der Waals surface area contributed by atoms with Crippen LogP contribution in [-0.4, -0.2) is 21.4 Å². The maximum atomic E-state index is 12.9. The Kier molecular flexibility index (Phi) is 6.32. The first-order chi connectivity index (χ1) is 12.7. The summed E-state index contributed by atoms with van der Waals surface area (Å²) < 4.78 is 41.0. The molecular weight excluding hydrogens is 465 g/mol. The normalized spacial score (nSPS) is 14.3. The van der Waals surface area contributed by atoms with Crippen LogP contribution >= 0.6 is 39.7 Å². The first-order valence-corrected chi connectivity index (χ1v) is 9.97. The lowest BCUT2D eigenvalue weighted by Gasteiger charge is -2.12. The predicted octanol–water partition coefficient (Wildman–Crippen LogP) is 5.57. The Morgan fingerprint density at radius 2 is 2.07 bits per heavy atom. The van der Waals surface area contributed by atoms with Crippen molar-refractivity contribution in [2.24, 2.45) is 0 Å². The quantitative estimate of drug-likeness (QED) is 0.418. The summed E-state index contributed by atoms with van der Waals surface area (Å²) in [6, 6.07) is 6.56.